The van der Waals surface area contributed by atoms with Crippen LogP contribution in [-0.2, 0) is 0 Å². The quantitative estimate of drug-likeness (QED) is 0.766. The average Bonchev–Trinajstić information content (AvgIpc) is 2.66. The van der Waals surface area contributed by atoms with Crippen LogP contribution in [0.5, 0.6) is 11.5 Å². The molecule has 0 bridgehead atoms. The number of hydrogen-bond acceptors (Lipinski definition) is 4. The zero-order chi connectivity index (χ0) is 21.0. The van der Waals surface area contributed by atoms with Gasteiger partial charge < -0.3 is 24.6 Å². The number of urea groups is 1. The van der Waals surface area contributed by atoms with Crippen molar-refractivity contribution in [3.8, 4) is 11.5 Å². The van der Waals surface area contributed by atoms with Crippen molar-refractivity contribution < 1.29 is 18.7 Å². The van der Waals surface area contributed by atoms with Gasteiger partial charge in [-0.15, -0.1) is 0 Å². The number of nitrogens with one attached hydrogen (secondary N) is 1. The van der Waals surface area contributed by atoms with E-state index in [0.29, 0.717) is 25.4 Å². The fourth-order valence-electron chi connectivity index (χ4n) is 3.11. The van der Waals surface area contributed by atoms with Crippen LogP contribution in [0.15, 0.2) is 42.5 Å². The van der Waals surface area contributed by atoms with Crippen molar-refractivity contribution in [3.63, 3.8) is 0 Å². The first-order valence-corrected chi connectivity index (χ1v) is 9.79. The van der Waals surface area contributed by atoms with E-state index in [0.717, 1.165) is 11.3 Å². The molecule has 1 atom stereocenters. The van der Waals surface area contributed by atoms with E-state index in [1.165, 1.54) is 11.0 Å². The number of rotatable bonds is 7. The molecule has 0 spiro atoms. The van der Waals surface area contributed by atoms with Gasteiger partial charge in [0, 0.05) is 25.8 Å². The third kappa shape index (κ3) is 5.10. The second kappa shape index (κ2) is 9.03. The Labute approximate surface area is 171 Å². The Morgan fingerprint density at radius 2 is 1.93 bits per heavy atom. The van der Waals surface area contributed by atoms with Gasteiger partial charge in [0.25, 0.3) is 0 Å². The number of ether oxygens (including phenoxy) is 2. The molecule has 7 heteroatoms. The number of hydrogen-bond donors (Lipinski definition) is 1. The molecule has 1 saturated heterocycles. The molecule has 6 nitrogen and oxygen atoms in total. The van der Waals surface area contributed by atoms with Crippen LogP contribution in [0.1, 0.15) is 25.5 Å². The second-order valence-corrected chi connectivity index (χ2v) is 7.33. The summed E-state index contributed by atoms with van der Waals surface area (Å²) >= 11 is 0. The van der Waals surface area contributed by atoms with Crippen molar-refractivity contribution in [1.82, 2.24) is 10.2 Å². The minimum atomic E-state index is -0.410. The van der Waals surface area contributed by atoms with Crippen LogP contribution < -0.4 is 19.7 Å². The smallest absolute Gasteiger partial charge is 0.317 e. The fraction of sp³-hybridized carbons (Fsp3) is 0.409. The van der Waals surface area contributed by atoms with Crippen molar-refractivity contribution in [2.45, 2.75) is 26.0 Å². The number of amides is 2. The van der Waals surface area contributed by atoms with Gasteiger partial charge in [-0.3, -0.25) is 0 Å². The van der Waals surface area contributed by atoms with Gasteiger partial charge >= 0.3 is 6.03 Å². The number of benzene rings is 2. The molecule has 1 aliphatic rings. The number of anilines is 1. The van der Waals surface area contributed by atoms with Gasteiger partial charge in [-0.1, -0.05) is 12.1 Å². The van der Waals surface area contributed by atoms with E-state index in [9.17, 15) is 9.18 Å². The van der Waals surface area contributed by atoms with Gasteiger partial charge in [-0.05, 0) is 43.7 Å². The van der Waals surface area contributed by atoms with E-state index in [-0.39, 0.29) is 23.9 Å². The molecule has 156 valence electrons. The molecular weight excluding hydrogens is 373 g/mol. The minimum Gasteiger partial charge on any atom is -0.494 e. The van der Waals surface area contributed by atoms with Crippen LogP contribution >= 0.6 is 0 Å². The molecule has 29 heavy (non-hydrogen) atoms. The monoisotopic (exact) mass is 401 g/mol. The van der Waals surface area contributed by atoms with Crippen LogP contribution in [0.4, 0.5) is 14.9 Å². The lowest BCUT2D eigenvalue weighted by molar-refractivity contribution is 0.160. The molecule has 0 aliphatic carbocycles. The van der Waals surface area contributed by atoms with Crippen LogP contribution in [0, 0.1) is 5.82 Å². The summed E-state index contributed by atoms with van der Waals surface area (Å²) in [5.74, 6) is 0.343. The van der Waals surface area contributed by atoms with Crippen molar-refractivity contribution in [2.75, 3.05) is 38.7 Å². The van der Waals surface area contributed by atoms with Gasteiger partial charge in [0.1, 0.15) is 11.9 Å². The summed E-state index contributed by atoms with van der Waals surface area (Å²) < 4.78 is 25.2. The zero-order valence-electron chi connectivity index (χ0n) is 17.3. The summed E-state index contributed by atoms with van der Waals surface area (Å²) in [5, 5.41) is 2.93. The van der Waals surface area contributed by atoms with Crippen molar-refractivity contribution in [3.05, 3.63) is 53.8 Å². The maximum atomic E-state index is 14.1. The van der Waals surface area contributed by atoms with Crippen molar-refractivity contribution >= 4 is 11.7 Å². The van der Waals surface area contributed by atoms with E-state index in [2.05, 4.69) is 10.2 Å². The lowest BCUT2D eigenvalue weighted by Gasteiger charge is -2.40. The van der Waals surface area contributed by atoms with Gasteiger partial charge in [0.05, 0.1) is 25.7 Å². The molecule has 0 unspecified atom stereocenters. The first-order chi connectivity index (χ1) is 13.9. The number of nitrogens with zero attached hydrogens (tertiary/aromatic N) is 2. The van der Waals surface area contributed by atoms with Crippen LogP contribution in [0.3, 0.4) is 0 Å². The maximum absolute atomic E-state index is 14.1. The fourth-order valence-corrected chi connectivity index (χ4v) is 3.11. The molecule has 0 radical (unpaired) electrons. The number of carbonyl (C=O) groups is 1. The van der Waals surface area contributed by atoms with E-state index in [1.807, 2.05) is 38.1 Å². The average molecular weight is 401 g/mol. The van der Waals surface area contributed by atoms with Crippen molar-refractivity contribution in [1.29, 1.82) is 0 Å². The Bertz CT molecular complexity index is 836. The Balaban J connectivity index is 1.51. The topological polar surface area (TPSA) is 54.0 Å². The molecular formula is C22H28FN3O3. The predicted octanol–water partition coefficient (Wildman–Crippen LogP) is 3.82. The molecule has 2 aromatic rings. The molecule has 2 aromatic carbocycles. The SMILES string of the molecule is CCOc1ccc(OC2CN(c3ccc([C@H](C)NC(=O)N(C)C)cc3)C2)c(F)c1. The molecule has 3 rings (SSSR count). The van der Waals surface area contributed by atoms with E-state index >= 15 is 0 Å². The highest BCUT2D eigenvalue weighted by Gasteiger charge is 2.29. The zero-order valence-corrected chi connectivity index (χ0v) is 17.3. The summed E-state index contributed by atoms with van der Waals surface area (Å²) in [4.78, 5) is 15.5. The highest BCUT2D eigenvalue weighted by Crippen LogP contribution is 2.28. The summed E-state index contributed by atoms with van der Waals surface area (Å²) in [6.45, 7) is 5.70. The van der Waals surface area contributed by atoms with Gasteiger partial charge in [-0.25, -0.2) is 9.18 Å². The van der Waals surface area contributed by atoms with Gasteiger partial charge in [0.2, 0.25) is 0 Å². The lowest BCUT2D eigenvalue weighted by atomic mass is 10.1. The summed E-state index contributed by atoms with van der Waals surface area (Å²) in [6.07, 6.45) is -0.0552. The number of halogens is 1. The molecule has 1 N–H and O–H groups in total. The summed E-state index contributed by atoms with van der Waals surface area (Å²) in [6, 6.07) is 12.6. The molecule has 1 fully saturated rings. The summed E-state index contributed by atoms with van der Waals surface area (Å²) in [5.41, 5.74) is 2.11. The highest BCUT2D eigenvalue weighted by atomic mass is 19.1. The first-order valence-electron chi connectivity index (χ1n) is 9.79. The minimum absolute atomic E-state index is 0.0552. The molecule has 0 saturated carbocycles. The van der Waals surface area contributed by atoms with E-state index < -0.39 is 5.82 Å². The highest BCUT2D eigenvalue weighted by molar-refractivity contribution is 5.74. The van der Waals surface area contributed by atoms with E-state index in [1.54, 1.807) is 26.2 Å². The van der Waals surface area contributed by atoms with Crippen LogP contribution in [-0.4, -0.2) is 50.8 Å². The van der Waals surface area contributed by atoms with Crippen molar-refractivity contribution in [2.24, 2.45) is 0 Å². The normalized spacial score (nSPS) is 14.7. The standard InChI is InChI=1S/C22H28FN3O3/c1-5-28-18-10-11-21(20(23)12-18)29-19-13-26(14-19)17-8-6-16(7-9-17)15(2)24-22(27)25(3)4/h6-12,15,19H,5,13-14H2,1-4H3,(H,24,27)/t15-/m0/s1. The van der Waals surface area contributed by atoms with E-state index in [4.69, 9.17) is 9.47 Å². The molecule has 2 amide bonds. The van der Waals surface area contributed by atoms with Crippen LogP contribution in [0.2, 0.25) is 0 Å². The maximum Gasteiger partial charge on any atom is 0.317 e. The molecule has 1 heterocycles. The largest absolute Gasteiger partial charge is 0.494 e. The molecule has 0 aromatic heterocycles. The van der Waals surface area contributed by atoms with Gasteiger partial charge in [-0.2, -0.15) is 0 Å². The second-order valence-electron chi connectivity index (χ2n) is 7.33. The van der Waals surface area contributed by atoms with Gasteiger partial charge in [0.15, 0.2) is 11.6 Å². The Kier molecular flexibility index (Phi) is 6.46. The third-order valence-electron chi connectivity index (χ3n) is 4.86. The Hall–Kier alpha value is -2.96. The summed E-state index contributed by atoms with van der Waals surface area (Å²) in [7, 11) is 3.43. The lowest BCUT2D eigenvalue weighted by Crippen LogP contribution is -2.54. The first kappa shape index (κ1) is 20.8. The Morgan fingerprint density at radius 1 is 1.24 bits per heavy atom. The number of carbonyl (C=O) groups excluding carboxylic acids is 1. The Morgan fingerprint density at radius 3 is 2.52 bits per heavy atom. The molecule has 1 aliphatic heterocycles. The predicted molar refractivity (Wildman–Crippen MR) is 111 cm³/mol. The third-order valence-corrected chi connectivity index (χ3v) is 4.86. The van der Waals surface area contributed by atoms with Crippen LogP contribution in [0.25, 0.3) is 0 Å².